The zero-order valence-electron chi connectivity index (χ0n) is 11.4. The van der Waals surface area contributed by atoms with Gasteiger partial charge in [0, 0.05) is 0 Å². The summed E-state index contributed by atoms with van der Waals surface area (Å²) in [6.45, 7) is 0. The van der Waals surface area contributed by atoms with Crippen LogP contribution in [0.3, 0.4) is 0 Å². The van der Waals surface area contributed by atoms with Gasteiger partial charge in [-0.3, -0.25) is 11.3 Å². The maximum Gasteiger partial charge on any atom is 0.133 e. The number of hydrogen-bond donors (Lipinski definition) is 2. The molecule has 0 spiro atoms. The van der Waals surface area contributed by atoms with Crippen LogP contribution in [-0.4, -0.2) is 7.11 Å². The second-order valence-corrected chi connectivity index (χ2v) is 6.23. The Morgan fingerprint density at radius 3 is 2.52 bits per heavy atom. The molecule has 112 valence electrons. The molecular formula is C15H15BrCl2N2O. The van der Waals surface area contributed by atoms with Crippen molar-refractivity contribution in [2.75, 3.05) is 7.11 Å². The van der Waals surface area contributed by atoms with E-state index >= 15 is 0 Å². The van der Waals surface area contributed by atoms with Crippen LogP contribution < -0.4 is 16.0 Å². The van der Waals surface area contributed by atoms with Crippen LogP contribution in [0.4, 0.5) is 0 Å². The van der Waals surface area contributed by atoms with Crippen molar-refractivity contribution in [1.82, 2.24) is 5.43 Å². The standard InChI is InChI=1S/C15H15BrCl2N2O/c1-21-15-5-2-9(6-11(15)16)7-14(20-19)10-3-4-12(17)13(18)8-10/h2-6,8,14,20H,7,19H2,1H3. The zero-order valence-corrected chi connectivity index (χ0v) is 14.5. The van der Waals surface area contributed by atoms with Gasteiger partial charge in [-0.2, -0.15) is 0 Å². The Morgan fingerprint density at radius 1 is 1.19 bits per heavy atom. The molecular weight excluding hydrogens is 375 g/mol. The van der Waals surface area contributed by atoms with E-state index in [1.165, 1.54) is 0 Å². The normalized spacial score (nSPS) is 12.2. The van der Waals surface area contributed by atoms with E-state index in [0.717, 1.165) is 27.8 Å². The van der Waals surface area contributed by atoms with Crippen molar-refractivity contribution in [2.45, 2.75) is 12.5 Å². The Labute approximate surface area is 142 Å². The van der Waals surface area contributed by atoms with Crippen molar-refractivity contribution in [3.8, 4) is 5.75 Å². The van der Waals surface area contributed by atoms with E-state index in [2.05, 4.69) is 21.4 Å². The molecule has 0 aliphatic heterocycles. The second-order valence-electron chi connectivity index (χ2n) is 4.57. The number of benzene rings is 2. The highest BCUT2D eigenvalue weighted by Gasteiger charge is 2.13. The summed E-state index contributed by atoms with van der Waals surface area (Å²) in [5, 5.41) is 1.05. The molecule has 0 amide bonds. The summed E-state index contributed by atoms with van der Waals surface area (Å²) >= 11 is 15.5. The third-order valence-electron chi connectivity index (χ3n) is 3.20. The number of halogens is 3. The van der Waals surface area contributed by atoms with E-state index < -0.39 is 0 Å². The van der Waals surface area contributed by atoms with Crippen molar-refractivity contribution in [3.05, 3.63) is 62.0 Å². The third kappa shape index (κ3) is 4.11. The molecule has 0 fully saturated rings. The smallest absolute Gasteiger partial charge is 0.133 e. The first kappa shape index (κ1) is 16.6. The molecule has 0 aliphatic carbocycles. The average molecular weight is 390 g/mol. The van der Waals surface area contributed by atoms with Gasteiger partial charge in [0.05, 0.1) is 27.7 Å². The lowest BCUT2D eigenvalue weighted by atomic mass is 9.99. The molecule has 0 saturated carbocycles. The summed E-state index contributed by atoms with van der Waals surface area (Å²) in [6, 6.07) is 11.4. The molecule has 0 aromatic heterocycles. The van der Waals surface area contributed by atoms with Gasteiger partial charge in [0.1, 0.15) is 5.75 Å². The number of hydrogen-bond acceptors (Lipinski definition) is 3. The number of hydrazine groups is 1. The molecule has 0 aliphatic rings. The van der Waals surface area contributed by atoms with Crippen LogP contribution in [0.15, 0.2) is 40.9 Å². The maximum absolute atomic E-state index is 6.06. The Morgan fingerprint density at radius 2 is 1.95 bits per heavy atom. The largest absolute Gasteiger partial charge is 0.496 e. The highest BCUT2D eigenvalue weighted by Crippen LogP contribution is 2.29. The van der Waals surface area contributed by atoms with Crippen molar-refractivity contribution < 1.29 is 4.74 Å². The minimum atomic E-state index is -0.0555. The fraction of sp³-hybridized carbons (Fsp3) is 0.200. The van der Waals surface area contributed by atoms with E-state index in [1.807, 2.05) is 30.3 Å². The number of nitrogens with two attached hydrogens (primary N) is 1. The van der Waals surface area contributed by atoms with Crippen LogP contribution in [0.1, 0.15) is 17.2 Å². The van der Waals surface area contributed by atoms with Gasteiger partial charge in [-0.15, -0.1) is 0 Å². The third-order valence-corrected chi connectivity index (χ3v) is 4.56. The predicted molar refractivity (Wildman–Crippen MR) is 90.9 cm³/mol. The quantitative estimate of drug-likeness (QED) is 0.584. The first-order valence-electron chi connectivity index (χ1n) is 6.28. The van der Waals surface area contributed by atoms with Crippen LogP contribution in [0.2, 0.25) is 10.0 Å². The second kappa shape index (κ2) is 7.47. The zero-order chi connectivity index (χ0) is 15.4. The number of ether oxygens (including phenoxy) is 1. The van der Waals surface area contributed by atoms with Crippen molar-refractivity contribution in [2.24, 2.45) is 5.84 Å². The molecule has 0 bridgehead atoms. The first-order chi connectivity index (χ1) is 10.0. The Bertz CT molecular complexity index is 637. The molecule has 21 heavy (non-hydrogen) atoms. The average Bonchev–Trinajstić information content (AvgIpc) is 2.48. The molecule has 1 atom stereocenters. The Hall–Kier alpha value is -0.780. The molecule has 0 saturated heterocycles. The van der Waals surface area contributed by atoms with Gasteiger partial charge in [-0.25, -0.2) is 0 Å². The van der Waals surface area contributed by atoms with Crippen LogP contribution in [-0.2, 0) is 6.42 Å². The predicted octanol–water partition coefficient (Wildman–Crippen LogP) is 4.51. The van der Waals surface area contributed by atoms with Gasteiger partial charge in [0.15, 0.2) is 0 Å². The lowest BCUT2D eigenvalue weighted by Crippen LogP contribution is -2.29. The summed E-state index contributed by atoms with van der Waals surface area (Å²) in [7, 11) is 1.64. The molecule has 0 radical (unpaired) electrons. The Balaban J connectivity index is 2.22. The lowest BCUT2D eigenvalue weighted by molar-refractivity contribution is 0.412. The van der Waals surface area contributed by atoms with Crippen molar-refractivity contribution in [1.29, 1.82) is 0 Å². The number of rotatable bonds is 5. The molecule has 2 rings (SSSR count). The van der Waals surface area contributed by atoms with Crippen LogP contribution in [0.5, 0.6) is 5.75 Å². The highest BCUT2D eigenvalue weighted by atomic mass is 79.9. The first-order valence-corrected chi connectivity index (χ1v) is 7.83. The molecule has 2 aromatic carbocycles. The Kier molecular flexibility index (Phi) is 5.90. The van der Waals surface area contributed by atoms with Crippen molar-refractivity contribution >= 4 is 39.1 Å². The van der Waals surface area contributed by atoms with Gasteiger partial charge in [-0.1, -0.05) is 35.3 Å². The van der Waals surface area contributed by atoms with E-state index in [1.54, 1.807) is 13.2 Å². The van der Waals surface area contributed by atoms with Gasteiger partial charge in [-0.05, 0) is 57.7 Å². The van der Waals surface area contributed by atoms with Gasteiger partial charge >= 0.3 is 0 Å². The number of methoxy groups -OCH3 is 1. The van der Waals surface area contributed by atoms with Crippen LogP contribution in [0, 0.1) is 0 Å². The van der Waals surface area contributed by atoms with Gasteiger partial charge in [0.25, 0.3) is 0 Å². The van der Waals surface area contributed by atoms with E-state index in [-0.39, 0.29) is 6.04 Å². The van der Waals surface area contributed by atoms with E-state index in [9.17, 15) is 0 Å². The molecule has 6 heteroatoms. The number of nitrogens with one attached hydrogen (secondary N) is 1. The maximum atomic E-state index is 6.06. The molecule has 0 heterocycles. The summed E-state index contributed by atoms with van der Waals surface area (Å²) in [5.41, 5.74) is 4.92. The van der Waals surface area contributed by atoms with Gasteiger partial charge in [0.2, 0.25) is 0 Å². The molecule has 3 nitrogen and oxygen atoms in total. The summed E-state index contributed by atoms with van der Waals surface area (Å²) in [5.74, 6) is 6.47. The molecule has 3 N–H and O–H groups in total. The molecule has 2 aromatic rings. The fourth-order valence-corrected chi connectivity index (χ4v) is 2.97. The SMILES string of the molecule is COc1ccc(CC(NN)c2ccc(Cl)c(Cl)c2)cc1Br. The van der Waals surface area contributed by atoms with Crippen molar-refractivity contribution in [3.63, 3.8) is 0 Å². The minimum absolute atomic E-state index is 0.0555. The lowest BCUT2D eigenvalue weighted by Gasteiger charge is -2.17. The molecule has 1 unspecified atom stereocenters. The summed E-state index contributed by atoms with van der Waals surface area (Å²) in [4.78, 5) is 0. The highest BCUT2D eigenvalue weighted by molar-refractivity contribution is 9.10. The summed E-state index contributed by atoms with van der Waals surface area (Å²) < 4.78 is 6.14. The van der Waals surface area contributed by atoms with E-state index in [4.69, 9.17) is 33.8 Å². The monoisotopic (exact) mass is 388 g/mol. The van der Waals surface area contributed by atoms with E-state index in [0.29, 0.717) is 10.0 Å². The van der Waals surface area contributed by atoms with Crippen LogP contribution in [0.25, 0.3) is 0 Å². The summed E-state index contributed by atoms with van der Waals surface area (Å²) in [6.07, 6.45) is 0.719. The topological polar surface area (TPSA) is 47.3 Å². The minimum Gasteiger partial charge on any atom is -0.496 e. The van der Waals surface area contributed by atoms with Gasteiger partial charge < -0.3 is 4.74 Å². The van der Waals surface area contributed by atoms with Crippen LogP contribution >= 0.6 is 39.1 Å². The fourth-order valence-electron chi connectivity index (χ4n) is 2.07.